The molecule has 4 heteroatoms. The standard InChI is InChI=1S/C28H47NO3/c1-3-5-6-7-8-9-10-11-12-13-14-15-16-17-18-19-24-29-27(30)25-20-22-26(23-21-25)28(31)32-4-2/h20-23H,3-19,24H2,1-2H3,(H,29,30). The number of amides is 1. The molecule has 0 saturated carbocycles. The molecule has 0 aliphatic rings. The summed E-state index contributed by atoms with van der Waals surface area (Å²) in [6.45, 7) is 5.11. The zero-order valence-corrected chi connectivity index (χ0v) is 20.8. The van der Waals surface area contributed by atoms with Gasteiger partial charge >= 0.3 is 5.97 Å². The van der Waals surface area contributed by atoms with E-state index in [2.05, 4.69) is 12.2 Å². The Balaban J connectivity index is 1.90. The fraction of sp³-hybridized carbons (Fsp3) is 0.714. The van der Waals surface area contributed by atoms with Crippen molar-refractivity contribution in [3.8, 4) is 0 Å². The van der Waals surface area contributed by atoms with Crippen molar-refractivity contribution in [1.29, 1.82) is 0 Å². The van der Waals surface area contributed by atoms with Crippen molar-refractivity contribution in [2.45, 2.75) is 117 Å². The Morgan fingerprint density at radius 3 is 1.47 bits per heavy atom. The molecule has 1 aromatic rings. The van der Waals surface area contributed by atoms with Crippen molar-refractivity contribution in [3.63, 3.8) is 0 Å². The molecule has 1 aromatic carbocycles. The first-order valence-electron chi connectivity index (χ1n) is 13.2. The van der Waals surface area contributed by atoms with Crippen molar-refractivity contribution >= 4 is 11.9 Å². The SMILES string of the molecule is CCCCCCCCCCCCCCCCCCNC(=O)c1ccc(C(=O)OCC)cc1. The van der Waals surface area contributed by atoms with Crippen LogP contribution in [0, 0.1) is 0 Å². The summed E-state index contributed by atoms with van der Waals surface area (Å²) in [7, 11) is 0. The molecule has 0 saturated heterocycles. The normalized spacial score (nSPS) is 10.8. The Labute approximate surface area is 196 Å². The van der Waals surface area contributed by atoms with Crippen LogP contribution in [0.3, 0.4) is 0 Å². The maximum atomic E-state index is 12.2. The van der Waals surface area contributed by atoms with Crippen LogP contribution in [0.1, 0.15) is 137 Å². The van der Waals surface area contributed by atoms with Gasteiger partial charge in [-0.1, -0.05) is 103 Å². The van der Waals surface area contributed by atoms with Crippen molar-refractivity contribution < 1.29 is 14.3 Å². The van der Waals surface area contributed by atoms with Crippen molar-refractivity contribution in [1.82, 2.24) is 5.32 Å². The van der Waals surface area contributed by atoms with Crippen LogP contribution in [0.5, 0.6) is 0 Å². The van der Waals surface area contributed by atoms with Crippen LogP contribution < -0.4 is 5.32 Å². The van der Waals surface area contributed by atoms with E-state index in [9.17, 15) is 9.59 Å². The second-order valence-corrected chi connectivity index (χ2v) is 8.86. The number of ether oxygens (including phenoxy) is 1. The maximum absolute atomic E-state index is 12.2. The highest BCUT2D eigenvalue weighted by Crippen LogP contribution is 2.13. The Kier molecular flexibility index (Phi) is 17.5. The average Bonchev–Trinajstić information content (AvgIpc) is 2.81. The van der Waals surface area contributed by atoms with Gasteiger partial charge in [0.25, 0.3) is 5.91 Å². The molecule has 0 fully saturated rings. The van der Waals surface area contributed by atoms with Crippen LogP contribution in [0.4, 0.5) is 0 Å². The summed E-state index contributed by atoms with van der Waals surface area (Å²) in [4.78, 5) is 23.8. The number of rotatable bonds is 20. The van der Waals surface area contributed by atoms with E-state index < -0.39 is 0 Å². The van der Waals surface area contributed by atoms with Gasteiger partial charge in [-0.25, -0.2) is 4.79 Å². The van der Waals surface area contributed by atoms with Crippen molar-refractivity contribution in [2.75, 3.05) is 13.2 Å². The van der Waals surface area contributed by atoms with Gasteiger partial charge < -0.3 is 10.1 Å². The second-order valence-electron chi connectivity index (χ2n) is 8.86. The highest BCUT2D eigenvalue weighted by atomic mass is 16.5. The molecule has 0 heterocycles. The summed E-state index contributed by atoms with van der Waals surface area (Å²) in [6.07, 6.45) is 21.6. The number of unbranched alkanes of at least 4 members (excludes halogenated alkanes) is 15. The van der Waals surface area contributed by atoms with Crippen LogP contribution in [-0.4, -0.2) is 25.0 Å². The molecular formula is C28H47NO3. The molecule has 182 valence electrons. The summed E-state index contributed by atoms with van der Waals surface area (Å²) >= 11 is 0. The van der Waals surface area contributed by atoms with E-state index in [-0.39, 0.29) is 11.9 Å². The molecule has 0 unspecified atom stereocenters. The van der Waals surface area contributed by atoms with Gasteiger partial charge in [0.1, 0.15) is 0 Å². The third-order valence-corrected chi connectivity index (χ3v) is 5.97. The molecule has 0 bridgehead atoms. The summed E-state index contributed by atoms with van der Waals surface area (Å²) in [5.74, 6) is -0.436. The zero-order valence-electron chi connectivity index (χ0n) is 20.8. The average molecular weight is 446 g/mol. The van der Waals surface area contributed by atoms with Crippen LogP contribution >= 0.6 is 0 Å². The van der Waals surface area contributed by atoms with Gasteiger partial charge in [0.15, 0.2) is 0 Å². The van der Waals surface area contributed by atoms with E-state index in [0.29, 0.717) is 24.3 Å². The molecule has 0 spiro atoms. The maximum Gasteiger partial charge on any atom is 0.338 e. The number of esters is 1. The lowest BCUT2D eigenvalue weighted by atomic mass is 10.0. The van der Waals surface area contributed by atoms with Crippen LogP contribution in [0.15, 0.2) is 24.3 Å². The smallest absolute Gasteiger partial charge is 0.338 e. The monoisotopic (exact) mass is 445 g/mol. The number of carbonyl (C=O) groups excluding carboxylic acids is 2. The largest absolute Gasteiger partial charge is 0.462 e. The lowest BCUT2D eigenvalue weighted by molar-refractivity contribution is 0.0526. The van der Waals surface area contributed by atoms with Crippen molar-refractivity contribution in [3.05, 3.63) is 35.4 Å². The van der Waals surface area contributed by atoms with E-state index in [1.165, 1.54) is 96.3 Å². The Hall–Kier alpha value is -1.84. The van der Waals surface area contributed by atoms with E-state index in [4.69, 9.17) is 4.74 Å². The third kappa shape index (κ3) is 14.3. The number of hydrogen-bond acceptors (Lipinski definition) is 3. The van der Waals surface area contributed by atoms with E-state index in [1.807, 2.05) is 0 Å². The van der Waals surface area contributed by atoms with Gasteiger partial charge in [-0.2, -0.15) is 0 Å². The molecule has 1 amide bonds. The highest BCUT2D eigenvalue weighted by molar-refractivity contribution is 5.96. The molecule has 0 radical (unpaired) electrons. The Morgan fingerprint density at radius 2 is 1.03 bits per heavy atom. The molecule has 0 aromatic heterocycles. The number of carbonyl (C=O) groups is 2. The molecule has 0 aliphatic heterocycles. The molecular weight excluding hydrogens is 398 g/mol. The molecule has 32 heavy (non-hydrogen) atoms. The lowest BCUT2D eigenvalue weighted by Gasteiger charge is -2.07. The minimum atomic E-state index is -0.354. The summed E-state index contributed by atoms with van der Waals surface area (Å²) in [6, 6.07) is 6.63. The van der Waals surface area contributed by atoms with E-state index >= 15 is 0 Å². The van der Waals surface area contributed by atoms with Crippen LogP contribution in [0.25, 0.3) is 0 Å². The lowest BCUT2D eigenvalue weighted by Crippen LogP contribution is -2.24. The third-order valence-electron chi connectivity index (χ3n) is 5.97. The quantitative estimate of drug-likeness (QED) is 0.164. The van der Waals surface area contributed by atoms with Gasteiger partial charge in [0.2, 0.25) is 0 Å². The molecule has 0 aliphatic carbocycles. The fourth-order valence-electron chi connectivity index (χ4n) is 3.95. The fourth-order valence-corrected chi connectivity index (χ4v) is 3.95. The van der Waals surface area contributed by atoms with Gasteiger partial charge in [-0.15, -0.1) is 0 Å². The van der Waals surface area contributed by atoms with Crippen LogP contribution in [-0.2, 0) is 4.74 Å². The Morgan fingerprint density at radius 1 is 0.625 bits per heavy atom. The minimum Gasteiger partial charge on any atom is -0.462 e. The molecule has 1 rings (SSSR count). The topological polar surface area (TPSA) is 55.4 Å². The summed E-state index contributed by atoms with van der Waals surface area (Å²) < 4.78 is 4.96. The first-order chi connectivity index (χ1) is 15.7. The second kappa shape index (κ2) is 19.8. The van der Waals surface area contributed by atoms with Crippen LogP contribution in [0.2, 0.25) is 0 Å². The summed E-state index contributed by atoms with van der Waals surface area (Å²) in [5, 5.41) is 2.97. The van der Waals surface area contributed by atoms with Gasteiger partial charge in [-0.05, 0) is 37.6 Å². The Bertz CT molecular complexity index is 597. The minimum absolute atomic E-state index is 0.0821. The predicted molar refractivity (Wildman–Crippen MR) is 134 cm³/mol. The number of hydrogen-bond donors (Lipinski definition) is 1. The first-order valence-corrected chi connectivity index (χ1v) is 13.2. The van der Waals surface area contributed by atoms with Gasteiger partial charge in [0, 0.05) is 12.1 Å². The van der Waals surface area contributed by atoms with Gasteiger partial charge in [-0.3, -0.25) is 4.79 Å². The first kappa shape index (κ1) is 28.2. The molecule has 0 atom stereocenters. The highest BCUT2D eigenvalue weighted by Gasteiger charge is 2.09. The molecule has 4 nitrogen and oxygen atoms in total. The number of benzene rings is 1. The van der Waals surface area contributed by atoms with Gasteiger partial charge in [0.05, 0.1) is 12.2 Å². The summed E-state index contributed by atoms with van der Waals surface area (Å²) in [5.41, 5.74) is 1.05. The number of nitrogens with one attached hydrogen (secondary N) is 1. The molecule has 1 N–H and O–H groups in total. The zero-order chi connectivity index (χ0) is 23.3. The predicted octanol–water partition coefficient (Wildman–Crippen LogP) is 7.85. The van der Waals surface area contributed by atoms with Crippen molar-refractivity contribution in [2.24, 2.45) is 0 Å². The van der Waals surface area contributed by atoms with E-state index in [1.54, 1.807) is 31.2 Å². The van der Waals surface area contributed by atoms with E-state index in [0.717, 1.165) is 6.42 Å².